The molecule has 0 aliphatic heterocycles. The van der Waals surface area contributed by atoms with Crippen molar-refractivity contribution in [2.45, 2.75) is 38.1 Å². The van der Waals surface area contributed by atoms with Gasteiger partial charge in [-0.05, 0) is 43.7 Å². The molecule has 4 nitrogen and oxygen atoms in total. The number of aromatic nitrogens is 1. The van der Waals surface area contributed by atoms with Gasteiger partial charge in [0.15, 0.2) is 0 Å². The van der Waals surface area contributed by atoms with Gasteiger partial charge in [0.25, 0.3) is 0 Å². The van der Waals surface area contributed by atoms with E-state index < -0.39 is 0 Å². The number of allylic oxidation sites excluding steroid dienone is 1. The molecule has 0 aromatic carbocycles. The lowest BCUT2D eigenvalue weighted by molar-refractivity contribution is 0.410. The van der Waals surface area contributed by atoms with Crippen LogP contribution in [0.2, 0.25) is 0 Å². The van der Waals surface area contributed by atoms with E-state index >= 15 is 0 Å². The van der Waals surface area contributed by atoms with Crippen LogP contribution < -0.4 is 16.0 Å². The van der Waals surface area contributed by atoms with E-state index in [-0.39, 0.29) is 6.04 Å². The van der Waals surface area contributed by atoms with Gasteiger partial charge in [-0.25, -0.2) is 0 Å². The Kier molecular flexibility index (Phi) is 4.73. The predicted octanol–water partition coefficient (Wildman–Crippen LogP) is 2.49. The summed E-state index contributed by atoms with van der Waals surface area (Å²) in [5.41, 5.74) is 5.45. The molecule has 1 unspecified atom stereocenters. The van der Waals surface area contributed by atoms with Gasteiger partial charge in [-0.1, -0.05) is 11.6 Å². The SMILES string of the molecule is COc1cncc(C(CC2=CCCCC2)NN)c1. The van der Waals surface area contributed by atoms with Gasteiger partial charge >= 0.3 is 0 Å². The van der Waals surface area contributed by atoms with Crippen LogP contribution in [-0.4, -0.2) is 12.1 Å². The molecule has 1 aliphatic rings. The second-order valence-electron chi connectivity index (χ2n) is 4.69. The highest BCUT2D eigenvalue weighted by atomic mass is 16.5. The topological polar surface area (TPSA) is 60.2 Å². The monoisotopic (exact) mass is 247 g/mol. The maximum atomic E-state index is 5.67. The zero-order chi connectivity index (χ0) is 12.8. The van der Waals surface area contributed by atoms with Crippen LogP contribution in [0.15, 0.2) is 30.1 Å². The Morgan fingerprint density at radius 2 is 2.33 bits per heavy atom. The molecule has 0 bridgehead atoms. The Hall–Kier alpha value is -1.39. The standard InChI is InChI=1S/C14H21N3O/c1-18-13-8-12(9-16-10-13)14(17-15)7-11-5-3-2-4-6-11/h5,8-10,14,17H,2-4,6-7,15H2,1H3. The Morgan fingerprint density at radius 3 is 3.00 bits per heavy atom. The molecule has 1 atom stereocenters. The summed E-state index contributed by atoms with van der Waals surface area (Å²) in [4.78, 5) is 4.18. The molecule has 3 N–H and O–H groups in total. The van der Waals surface area contributed by atoms with Gasteiger partial charge in [0.2, 0.25) is 0 Å². The van der Waals surface area contributed by atoms with Gasteiger partial charge in [-0.2, -0.15) is 0 Å². The number of nitrogens with one attached hydrogen (secondary N) is 1. The quantitative estimate of drug-likeness (QED) is 0.477. The minimum absolute atomic E-state index is 0.108. The molecule has 1 aromatic heterocycles. The first-order valence-electron chi connectivity index (χ1n) is 6.46. The number of ether oxygens (including phenoxy) is 1. The predicted molar refractivity (Wildman–Crippen MR) is 72.0 cm³/mol. The largest absolute Gasteiger partial charge is 0.495 e. The summed E-state index contributed by atoms with van der Waals surface area (Å²) < 4.78 is 5.19. The fraction of sp³-hybridized carbons (Fsp3) is 0.500. The molecule has 98 valence electrons. The summed E-state index contributed by atoms with van der Waals surface area (Å²) in [7, 11) is 1.65. The maximum Gasteiger partial charge on any atom is 0.137 e. The number of pyridine rings is 1. The van der Waals surface area contributed by atoms with Crippen LogP contribution in [0, 0.1) is 0 Å². The van der Waals surface area contributed by atoms with E-state index in [1.165, 1.54) is 31.3 Å². The minimum Gasteiger partial charge on any atom is -0.495 e. The van der Waals surface area contributed by atoms with Crippen molar-refractivity contribution < 1.29 is 4.74 Å². The average Bonchev–Trinajstić information content (AvgIpc) is 2.46. The van der Waals surface area contributed by atoms with Gasteiger partial charge in [-0.15, -0.1) is 0 Å². The fourth-order valence-corrected chi connectivity index (χ4v) is 2.36. The van der Waals surface area contributed by atoms with Crippen molar-refractivity contribution in [2.75, 3.05) is 7.11 Å². The van der Waals surface area contributed by atoms with Crippen molar-refractivity contribution in [1.29, 1.82) is 0 Å². The van der Waals surface area contributed by atoms with Crippen molar-refractivity contribution in [1.82, 2.24) is 10.4 Å². The van der Waals surface area contributed by atoms with E-state index in [9.17, 15) is 0 Å². The third kappa shape index (κ3) is 3.31. The van der Waals surface area contributed by atoms with E-state index in [0.29, 0.717) is 0 Å². The van der Waals surface area contributed by atoms with Crippen molar-refractivity contribution >= 4 is 0 Å². The summed E-state index contributed by atoms with van der Waals surface area (Å²) in [6.45, 7) is 0. The van der Waals surface area contributed by atoms with Crippen LogP contribution in [0.25, 0.3) is 0 Å². The molecule has 4 heteroatoms. The number of hydrogen-bond donors (Lipinski definition) is 2. The molecule has 1 aliphatic carbocycles. The van der Waals surface area contributed by atoms with E-state index in [2.05, 4.69) is 16.5 Å². The first kappa shape index (κ1) is 13.1. The molecule has 1 heterocycles. The first-order valence-corrected chi connectivity index (χ1v) is 6.46. The average molecular weight is 247 g/mol. The zero-order valence-electron chi connectivity index (χ0n) is 10.9. The number of hydrazine groups is 1. The Morgan fingerprint density at radius 1 is 1.44 bits per heavy atom. The zero-order valence-corrected chi connectivity index (χ0v) is 10.9. The third-order valence-corrected chi connectivity index (χ3v) is 3.42. The van der Waals surface area contributed by atoms with Crippen molar-refractivity contribution in [3.8, 4) is 5.75 Å². The van der Waals surface area contributed by atoms with E-state index in [1.807, 2.05) is 12.3 Å². The molecular weight excluding hydrogens is 226 g/mol. The molecule has 0 fully saturated rings. The second-order valence-corrected chi connectivity index (χ2v) is 4.69. The Bertz CT molecular complexity index is 417. The van der Waals surface area contributed by atoms with Crippen molar-refractivity contribution in [3.05, 3.63) is 35.7 Å². The van der Waals surface area contributed by atoms with Crippen LogP contribution in [-0.2, 0) is 0 Å². The van der Waals surface area contributed by atoms with Crippen LogP contribution in [0.3, 0.4) is 0 Å². The second kappa shape index (κ2) is 6.52. The molecule has 0 saturated heterocycles. The molecule has 2 rings (SSSR count). The molecule has 0 radical (unpaired) electrons. The van der Waals surface area contributed by atoms with Crippen LogP contribution >= 0.6 is 0 Å². The molecule has 1 aromatic rings. The molecule has 0 saturated carbocycles. The molecule has 18 heavy (non-hydrogen) atoms. The summed E-state index contributed by atoms with van der Waals surface area (Å²) in [5.74, 6) is 6.44. The van der Waals surface area contributed by atoms with E-state index in [4.69, 9.17) is 10.6 Å². The maximum absolute atomic E-state index is 5.67. The Balaban J connectivity index is 2.09. The van der Waals surface area contributed by atoms with Crippen molar-refractivity contribution in [2.24, 2.45) is 5.84 Å². The fourth-order valence-electron chi connectivity index (χ4n) is 2.36. The van der Waals surface area contributed by atoms with Gasteiger partial charge in [0, 0.05) is 6.20 Å². The van der Waals surface area contributed by atoms with Crippen molar-refractivity contribution in [3.63, 3.8) is 0 Å². The molecular formula is C14H21N3O. The van der Waals surface area contributed by atoms with Gasteiger partial charge in [0.1, 0.15) is 5.75 Å². The lowest BCUT2D eigenvalue weighted by Crippen LogP contribution is -2.28. The van der Waals surface area contributed by atoms with Crippen LogP contribution in [0.5, 0.6) is 5.75 Å². The highest BCUT2D eigenvalue weighted by Gasteiger charge is 2.14. The summed E-state index contributed by atoms with van der Waals surface area (Å²) in [6.07, 6.45) is 11.8. The lowest BCUT2D eigenvalue weighted by Gasteiger charge is -2.20. The summed E-state index contributed by atoms with van der Waals surface area (Å²) in [6, 6.07) is 2.10. The Labute approximate surface area is 108 Å². The molecule has 0 spiro atoms. The van der Waals surface area contributed by atoms with Gasteiger partial charge < -0.3 is 4.74 Å². The summed E-state index contributed by atoms with van der Waals surface area (Å²) >= 11 is 0. The number of nitrogens with zero attached hydrogens (tertiary/aromatic N) is 1. The number of hydrogen-bond acceptors (Lipinski definition) is 4. The number of nitrogens with two attached hydrogens (primary N) is 1. The number of methoxy groups -OCH3 is 1. The smallest absolute Gasteiger partial charge is 0.137 e. The highest BCUT2D eigenvalue weighted by molar-refractivity contribution is 5.27. The number of rotatable bonds is 5. The van der Waals surface area contributed by atoms with Crippen LogP contribution in [0.1, 0.15) is 43.7 Å². The van der Waals surface area contributed by atoms with E-state index in [1.54, 1.807) is 13.3 Å². The van der Waals surface area contributed by atoms with Gasteiger partial charge in [-0.3, -0.25) is 16.3 Å². The highest BCUT2D eigenvalue weighted by Crippen LogP contribution is 2.28. The van der Waals surface area contributed by atoms with Crippen LogP contribution in [0.4, 0.5) is 0 Å². The molecule has 0 amide bonds. The first-order chi connectivity index (χ1) is 8.83. The minimum atomic E-state index is 0.108. The lowest BCUT2D eigenvalue weighted by atomic mass is 9.92. The van der Waals surface area contributed by atoms with E-state index in [0.717, 1.165) is 17.7 Å². The van der Waals surface area contributed by atoms with Gasteiger partial charge in [0.05, 0.1) is 19.3 Å². The normalized spacial score (nSPS) is 17.1. The summed E-state index contributed by atoms with van der Waals surface area (Å²) in [5, 5.41) is 0. The third-order valence-electron chi connectivity index (χ3n) is 3.42.